The van der Waals surface area contributed by atoms with Crippen molar-refractivity contribution in [3.8, 4) is 0 Å². The summed E-state index contributed by atoms with van der Waals surface area (Å²) >= 11 is 0. The molecule has 6 heteroatoms. The van der Waals surface area contributed by atoms with Crippen LogP contribution in [0.5, 0.6) is 0 Å². The Balaban J connectivity index is 3.42. The number of amides is 2. The molecule has 13 heavy (non-hydrogen) atoms. The average Bonchev–Trinajstić information content (AvgIpc) is 1.95. The fourth-order valence-electron chi connectivity index (χ4n) is 0.630. The maximum atomic E-state index is 10.8. The molecule has 0 aliphatic rings. The Hall–Kier alpha value is -0.593. The molecule has 5 nitrogen and oxygen atoms in total. The molecular weight excluding hydrogens is 188 g/mol. The minimum absolute atomic E-state index is 0.425. The predicted molar refractivity (Wildman–Crippen MR) is 52.2 cm³/mol. The van der Waals surface area contributed by atoms with Crippen LogP contribution in [0.25, 0.3) is 0 Å². The van der Waals surface area contributed by atoms with E-state index in [9.17, 15) is 4.79 Å². The van der Waals surface area contributed by atoms with Crippen LogP contribution in [-0.2, 0) is 4.43 Å². The molecule has 0 aliphatic carbocycles. The topological polar surface area (TPSA) is 61.8 Å². The monoisotopic (exact) mass is 206 g/mol. The van der Waals surface area contributed by atoms with Gasteiger partial charge in [-0.3, -0.25) is 5.21 Å². The van der Waals surface area contributed by atoms with Gasteiger partial charge in [-0.25, -0.2) is 9.86 Å². The summed E-state index contributed by atoms with van der Waals surface area (Å²) in [4.78, 5) is 10.8. The zero-order valence-electron chi connectivity index (χ0n) is 8.63. The van der Waals surface area contributed by atoms with Gasteiger partial charge in [-0.2, -0.15) is 0 Å². The number of nitrogens with zero attached hydrogens (tertiary/aromatic N) is 1. The van der Waals surface area contributed by atoms with E-state index in [0.29, 0.717) is 18.2 Å². The molecule has 0 unspecified atom stereocenters. The maximum Gasteiger partial charge on any atom is 0.340 e. The van der Waals surface area contributed by atoms with Gasteiger partial charge in [0.25, 0.3) is 0 Å². The van der Waals surface area contributed by atoms with Gasteiger partial charge >= 0.3 is 6.03 Å². The highest BCUT2D eigenvalue weighted by atomic mass is 28.4. The summed E-state index contributed by atoms with van der Waals surface area (Å²) in [6.07, 6.45) is 0. The van der Waals surface area contributed by atoms with Crippen molar-refractivity contribution in [2.24, 2.45) is 0 Å². The van der Waals surface area contributed by atoms with E-state index in [0.717, 1.165) is 0 Å². The number of carbonyl (C=O) groups excluding carboxylic acids is 1. The second-order valence-corrected chi connectivity index (χ2v) is 8.23. The van der Waals surface area contributed by atoms with Crippen molar-refractivity contribution >= 4 is 14.3 Å². The first-order valence-electron chi connectivity index (χ1n) is 4.17. The highest BCUT2D eigenvalue weighted by Crippen LogP contribution is 2.00. The summed E-state index contributed by atoms with van der Waals surface area (Å²) in [5.41, 5.74) is 0. The van der Waals surface area contributed by atoms with Crippen molar-refractivity contribution < 1.29 is 14.4 Å². The van der Waals surface area contributed by atoms with Crippen molar-refractivity contribution in [3.05, 3.63) is 0 Å². The Morgan fingerprint density at radius 1 is 1.54 bits per heavy atom. The third kappa shape index (κ3) is 7.76. The number of nitrogens with one attached hydrogen (secondary N) is 1. The molecule has 0 aromatic rings. The first-order valence-corrected chi connectivity index (χ1v) is 7.58. The molecule has 0 saturated heterocycles. The maximum absolute atomic E-state index is 10.8. The van der Waals surface area contributed by atoms with Crippen LogP contribution < -0.4 is 5.32 Å². The fourth-order valence-corrected chi connectivity index (χ4v) is 1.34. The number of urea groups is 1. The lowest BCUT2D eigenvalue weighted by molar-refractivity contribution is -0.0184. The highest BCUT2D eigenvalue weighted by Gasteiger charge is 2.13. The van der Waals surface area contributed by atoms with Crippen LogP contribution in [-0.4, -0.2) is 44.8 Å². The normalized spacial score (nSPS) is 11.2. The molecule has 0 aromatic carbocycles. The van der Waals surface area contributed by atoms with E-state index < -0.39 is 14.3 Å². The van der Waals surface area contributed by atoms with Crippen molar-refractivity contribution in [2.45, 2.75) is 19.6 Å². The Morgan fingerprint density at radius 3 is 2.46 bits per heavy atom. The second kappa shape index (κ2) is 5.20. The van der Waals surface area contributed by atoms with E-state index in [1.54, 1.807) is 0 Å². The van der Waals surface area contributed by atoms with Gasteiger partial charge in [0, 0.05) is 13.6 Å². The van der Waals surface area contributed by atoms with Crippen LogP contribution in [0.3, 0.4) is 0 Å². The molecule has 0 aliphatic heterocycles. The summed E-state index contributed by atoms with van der Waals surface area (Å²) in [6, 6.07) is -0.515. The van der Waals surface area contributed by atoms with Crippen molar-refractivity contribution in [2.75, 3.05) is 20.2 Å². The summed E-state index contributed by atoms with van der Waals surface area (Å²) in [7, 11) is -0.211. The molecule has 0 rings (SSSR count). The largest absolute Gasteiger partial charge is 0.416 e. The van der Waals surface area contributed by atoms with Crippen LogP contribution >= 0.6 is 0 Å². The third-order valence-electron chi connectivity index (χ3n) is 1.21. The molecule has 0 atom stereocenters. The van der Waals surface area contributed by atoms with Crippen LogP contribution in [0.1, 0.15) is 0 Å². The first kappa shape index (κ1) is 12.4. The minimum atomic E-state index is -1.48. The first-order chi connectivity index (χ1) is 5.83. The predicted octanol–water partition coefficient (Wildman–Crippen LogP) is 0.868. The number of carbonyl (C=O) groups is 1. The average molecular weight is 206 g/mol. The van der Waals surface area contributed by atoms with Crippen molar-refractivity contribution in [1.82, 2.24) is 10.4 Å². The zero-order chi connectivity index (χ0) is 10.5. The van der Waals surface area contributed by atoms with Crippen LogP contribution in [0, 0.1) is 0 Å². The van der Waals surface area contributed by atoms with E-state index in [-0.39, 0.29) is 0 Å². The lowest BCUT2D eigenvalue weighted by atomic mass is 10.7. The fraction of sp³-hybridized carbons (Fsp3) is 0.857. The number of rotatable bonds is 4. The highest BCUT2D eigenvalue weighted by molar-refractivity contribution is 6.69. The van der Waals surface area contributed by atoms with Gasteiger partial charge in [0.2, 0.25) is 0 Å². The van der Waals surface area contributed by atoms with Crippen LogP contribution in [0.15, 0.2) is 0 Å². The van der Waals surface area contributed by atoms with E-state index in [2.05, 4.69) is 25.0 Å². The van der Waals surface area contributed by atoms with Gasteiger partial charge in [-0.1, -0.05) is 0 Å². The Morgan fingerprint density at radius 2 is 2.08 bits per heavy atom. The number of hydroxylamine groups is 2. The molecule has 0 fully saturated rings. The van der Waals surface area contributed by atoms with E-state index in [1.807, 2.05) is 0 Å². The number of hydrogen-bond donors (Lipinski definition) is 2. The van der Waals surface area contributed by atoms with Gasteiger partial charge in [0.05, 0.1) is 6.61 Å². The van der Waals surface area contributed by atoms with Gasteiger partial charge in [0.15, 0.2) is 8.32 Å². The van der Waals surface area contributed by atoms with Crippen molar-refractivity contribution in [1.29, 1.82) is 0 Å². The molecule has 0 spiro atoms. The number of hydrogen-bond acceptors (Lipinski definition) is 3. The summed E-state index contributed by atoms with van der Waals surface area (Å²) in [5.74, 6) is 0. The lowest BCUT2D eigenvalue weighted by Gasteiger charge is -2.17. The molecule has 0 heterocycles. The van der Waals surface area contributed by atoms with Crippen LogP contribution in [0.4, 0.5) is 4.79 Å². The quantitative estimate of drug-likeness (QED) is 0.310. The van der Waals surface area contributed by atoms with Crippen LogP contribution in [0.2, 0.25) is 19.6 Å². The van der Waals surface area contributed by atoms with Gasteiger partial charge < -0.3 is 9.74 Å². The SMILES string of the molecule is CN(O)C(=O)NCCO[Si](C)(C)C. The van der Waals surface area contributed by atoms with Crippen molar-refractivity contribution in [3.63, 3.8) is 0 Å². The molecule has 0 saturated carbocycles. The standard InChI is InChI=1S/C7H18N2O3Si/c1-9(11)7(10)8-5-6-12-13(2,3)4/h11H,5-6H2,1-4H3,(H,8,10). The third-order valence-corrected chi connectivity index (χ3v) is 2.28. The minimum Gasteiger partial charge on any atom is -0.416 e. The van der Waals surface area contributed by atoms with Gasteiger partial charge in [-0.15, -0.1) is 0 Å². The Labute approximate surface area is 79.8 Å². The van der Waals surface area contributed by atoms with E-state index in [1.165, 1.54) is 7.05 Å². The molecule has 78 valence electrons. The molecule has 0 radical (unpaired) electrons. The summed E-state index contributed by atoms with van der Waals surface area (Å²) in [6.45, 7) is 7.15. The molecular formula is C7H18N2O3Si. The molecule has 0 bridgehead atoms. The lowest BCUT2D eigenvalue weighted by Crippen LogP contribution is -2.38. The van der Waals surface area contributed by atoms with E-state index in [4.69, 9.17) is 9.63 Å². The van der Waals surface area contributed by atoms with Gasteiger partial charge in [-0.05, 0) is 19.6 Å². The second-order valence-electron chi connectivity index (χ2n) is 3.72. The zero-order valence-corrected chi connectivity index (χ0v) is 9.63. The Bertz CT molecular complexity index is 168. The molecule has 0 aromatic heterocycles. The smallest absolute Gasteiger partial charge is 0.340 e. The molecule has 2 amide bonds. The molecule has 2 N–H and O–H groups in total. The Kier molecular flexibility index (Phi) is 4.97. The summed E-state index contributed by atoms with van der Waals surface area (Å²) < 4.78 is 5.48. The van der Waals surface area contributed by atoms with Gasteiger partial charge in [0.1, 0.15) is 0 Å². The summed E-state index contributed by atoms with van der Waals surface area (Å²) in [5, 5.41) is 11.7. The van der Waals surface area contributed by atoms with E-state index >= 15 is 0 Å².